The highest BCUT2D eigenvalue weighted by molar-refractivity contribution is 5.75. The van der Waals surface area contributed by atoms with E-state index in [4.69, 9.17) is 4.74 Å². The number of amides is 1. The van der Waals surface area contributed by atoms with Crippen molar-refractivity contribution in [2.45, 2.75) is 57.7 Å². The number of benzene rings is 2. The zero-order chi connectivity index (χ0) is 18.8. The van der Waals surface area contributed by atoms with Crippen LogP contribution in [0.5, 0.6) is 0 Å². The molecule has 27 heavy (non-hydrogen) atoms. The van der Waals surface area contributed by atoms with Crippen LogP contribution in [0.4, 0.5) is 4.79 Å². The van der Waals surface area contributed by atoms with Crippen LogP contribution in [0.25, 0.3) is 5.57 Å². The molecular formula is C24H27NO2. The van der Waals surface area contributed by atoms with Crippen molar-refractivity contribution in [3.63, 3.8) is 0 Å². The number of rotatable bonds is 4. The number of nitrogens with zero attached hydrogens (tertiary/aromatic N) is 1. The lowest BCUT2D eigenvalue weighted by Gasteiger charge is -2.33. The number of fused-ring (bicyclic) bond motifs is 2. The number of carbonyl (C=O) groups excluding carboxylic acids is 1. The molecule has 1 amide bonds. The van der Waals surface area contributed by atoms with E-state index in [0.29, 0.717) is 12.5 Å². The Morgan fingerprint density at radius 1 is 1.11 bits per heavy atom. The fourth-order valence-electron chi connectivity index (χ4n) is 4.22. The zero-order valence-corrected chi connectivity index (χ0v) is 16.1. The van der Waals surface area contributed by atoms with E-state index >= 15 is 0 Å². The highest BCUT2D eigenvalue weighted by Crippen LogP contribution is 2.39. The molecule has 2 aliphatic rings. The Balaban J connectivity index is 1.47. The minimum atomic E-state index is -0.183. The van der Waals surface area contributed by atoms with Gasteiger partial charge in [-0.2, -0.15) is 0 Å². The van der Waals surface area contributed by atoms with Crippen LogP contribution in [-0.2, 0) is 11.3 Å². The van der Waals surface area contributed by atoms with E-state index in [2.05, 4.69) is 44.2 Å². The number of hydrogen-bond acceptors (Lipinski definition) is 2. The molecule has 140 valence electrons. The van der Waals surface area contributed by atoms with Crippen LogP contribution < -0.4 is 0 Å². The van der Waals surface area contributed by atoms with Crippen LogP contribution in [0.15, 0.2) is 60.7 Å². The molecular weight excluding hydrogens is 334 g/mol. The molecule has 1 saturated heterocycles. The molecule has 2 atom stereocenters. The van der Waals surface area contributed by atoms with Crippen LogP contribution in [0.1, 0.15) is 55.7 Å². The van der Waals surface area contributed by atoms with Gasteiger partial charge in [-0.1, -0.05) is 74.5 Å². The largest absolute Gasteiger partial charge is 0.445 e. The van der Waals surface area contributed by atoms with E-state index in [1.165, 1.54) is 16.7 Å². The minimum Gasteiger partial charge on any atom is -0.445 e. The summed E-state index contributed by atoms with van der Waals surface area (Å²) in [6.07, 6.45) is 5.09. The monoisotopic (exact) mass is 361 g/mol. The minimum absolute atomic E-state index is 0.157. The maximum absolute atomic E-state index is 12.7. The summed E-state index contributed by atoms with van der Waals surface area (Å²) in [5, 5.41) is 0. The summed E-state index contributed by atoms with van der Waals surface area (Å²) < 4.78 is 5.60. The molecule has 4 rings (SSSR count). The second-order valence-corrected chi connectivity index (χ2v) is 7.92. The molecule has 2 unspecified atom stereocenters. The molecule has 0 aromatic heterocycles. The molecule has 1 fully saturated rings. The van der Waals surface area contributed by atoms with E-state index in [-0.39, 0.29) is 18.2 Å². The quantitative estimate of drug-likeness (QED) is 0.692. The summed E-state index contributed by atoms with van der Waals surface area (Å²) in [5.74, 6) is 0.523. The van der Waals surface area contributed by atoms with Gasteiger partial charge in [0.2, 0.25) is 0 Å². The van der Waals surface area contributed by atoms with Gasteiger partial charge in [0.25, 0.3) is 0 Å². The molecule has 0 spiro atoms. The Morgan fingerprint density at radius 2 is 1.93 bits per heavy atom. The van der Waals surface area contributed by atoms with Gasteiger partial charge >= 0.3 is 6.09 Å². The van der Waals surface area contributed by atoms with Gasteiger partial charge < -0.3 is 4.74 Å². The summed E-state index contributed by atoms with van der Waals surface area (Å²) in [6.45, 7) is 4.79. The summed E-state index contributed by atoms with van der Waals surface area (Å²) >= 11 is 0. The Morgan fingerprint density at radius 3 is 2.67 bits per heavy atom. The van der Waals surface area contributed by atoms with Crippen molar-refractivity contribution >= 4 is 11.7 Å². The third-order valence-corrected chi connectivity index (χ3v) is 5.74. The lowest BCUT2D eigenvalue weighted by Crippen LogP contribution is -2.43. The molecule has 0 aliphatic carbocycles. The Bertz CT molecular complexity index is 840. The number of hydrogen-bond donors (Lipinski definition) is 0. The molecule has 0 saturated carbocycles. The van der Waals surface area contributed by atoms with Crippen molar-refractivity contribution in [1.29, 1.82) is 0 Å². The van der Waals surface area contributed by atoms with Gasteiger partial charge in [0.15, 0.2) is 0 Å². The predicted octanol–water partition coefficient (Wildman–Crippen LogP) is 5.77. The van der Waals surface area contributed by atoms with Crippen molar-refractivity contribution in [3.05, 3.63) is 77.4 Å². The van der Waals surface area contributed by atoms with E-state index < -0.39 is 0 Å². The fourth-order valence-corrected chi connectivity index (χ4v) is 4.22. The molecule has 2 bridgehead atoms. The molecule has 2 heterocycles. The smallest absolute Gasteiger partial charge is 0.410 e. The SMILES string of the molecule is CC(C)c1cccc(C2=CC3CCC(C2)N3C(=O)OCc2ccccc2)c1. The van der Waals surface area contributed by atoms with E-state index in [0.717, 1.165) is 24.8 Å². The maximum atomic E-state index is 12.7. The molecule has 0 radical (unpaired) electrons. The van der Waals surface area contributed by atoms with Crippen molar-refractivity contribution in [1.82, 2.24) is 4.90 Å². The van der Waals surface area contributed by atoms with E-state index in [9.17, 15) is 4.79 Å². The summed E-state index contributed by atoms with van der Waals surface area (Å²) in [7, 11) is 0. The normalized spacial score (nSPS) is 21.3. The number of ether oxygens (including phenoxy) is 1. The van der Waals surface area contributed by atoms with Crippen LogP contribution in [0.2, 0.25) is 0 Å². The summed E-state index contributed by atoms with van der Waals surface area (Å²) in [4.78, 5) is 14.7. The Kier molecular flexibility index (Phi) is 5.02. The van der Waals surface area contributed by atoms with Gasteiger partial charge in [0.05, 0.1) is 6.04 Å². The molecule has 3 nitrogen and oxygen atoms in total. The first-order chi connectivity index (χ1) is 13.1. The van der Waals surface area contributed by atoms with Crippen LogP contribution in [-0.4, -0.2) is 23.1 Å². The maximum Gasteiger partial charge on any atom is 0.410 e. The highest BCUT2D eigenvalue weighted by Gasteiger charge is 2.40. The van der Waals surface area contributed by atoms with Gasteiger partial charge in [0, 0.05) is 6.04 Å². The average molecular weight is 361 g/mol. The average Bonchev–Trinajstić information content (AvgIpc) is 2.96. The molecule has 0 N–H and O–H groups in total. The fraction of sp³-hybridized carbons (Fsp3) is 0.375. The molecule has 2 aromatic rings. The standard InChI is InChI=1S/C24H27NO2/c1-17(2)19-9-6-10-20(13-19)21-14-22-11-12-23(15-21)25(22)24(26)27-16-18-7-4-3-5-8-18/h3-10,13-14,17,22-23H,11-12,15-16H2,1-2H3. The lowest BCUT2D eigenvalue weighted by atomic mass is 9.92. The van der Waals surface area contributed by atoms with Crippen LogP contribution >= 0.6 is 0 Å². The molecule has 2 aromatic carbocycles. The van der Waals surface area contributed by atoms with E-state index in [1.54, 1.807) is 0 Å². The zero-order valence-electron chi connectivity index (χ0n) is 16.1. The topological polar surface area (TPSA) is 29.5 Å². The lowest BCUT2D eigenvalue weighted by molar-refractivity contribution is 0.0832. The van der Waals surface area contributed by atoms with Crippen molar-refractivity contribution < 1.29 is 9.53 Å². The second-order valence-electron chi connectivity index (χ2n) is 7.92. The number of carbonyl (C=O) groups is 1. The first kappa shape index (κ1) is 17.8. The highest BCUT2D eigenvalue weighted by atomic mass is 16.6. The first-order valence-electron chi connectivity index (χ1n) is 9.92. The Hall–Kier alpha value is -2.55. The Labute approximate surface area is 161 Å². The van der Waals surface area contributed by atoms with Crippen LogP contribution in [0, 0.1) is 0 Å². The molecule has 2 aliphatic heterocycles. The van der Waals surface area contributed by atoms with Gasteiger partial charge in [-0.15, -0.1) is 0 Å². The van der Waals surface area contributed by atoms with Gasteiger partial charge in [0.1, 0.15) is 6.61 Å². The third-order valence-electron chi connectivity index (χ3n) is 5.74. The van der Waals surface area contributed by atoms with Crippen molar-refractivity contribution in [2.24, 2.45) is 0 Å². The van der Waals surface area contributed by atoms with Gasteiger partial charge in [-0.25, -0.2) is 4.79 Å². The predicted molar refractivity (Wildman–Crippen MR) is 108 cm³/mol. The van der Waals surface area contributed by atoms with E-state index in [1.807, 2.05) is 35.2 Å². The van der Waals surface area contributed by atoms with Crippen LogP contribution in [0.3, 0.4) is 0 Å². The van der Waals surface area contributed by atoms with Crippen molar-refractivity contribution in [2.75, 3.05) is 0 Å². The molecule has 3 heteroatoms. The second kappa shape index (κ2) is 7.59. The summed E-state index contributed by atoms with van der Waals surface area (Å²) in [5.41, 5.74) is 5.06. The first-order valence-corrected chi connectivity index (χ1v) is 9.92. The van der Waals surface area contributed by atoms with Gasteiger partial charge in [-0.05, 0) is 47.4 Å². The van der Waals surface area contributed by atoms with Crippen molar-refractivity contribution in [3.8, 4) is 0 Å². The third kappa shape index (κ3) is 3.78. The summed E-state index contributed by atoms with van der Waals surface area (Å²) in [6, 6.07) is 19.1. The van der Waals surface area contributed by atoms with Gasteiger partial charge in [-0.3, -0.25) is 4.90 Å².